The monoisotopic (exact) mass is 281 g/mol. The van der Waals surface area contributed by atoms with Crippen LogP contribution >= 0.6 is 11.6 Å². The molecule has 1 unspecified atom stereocenters. The molecule has 2 aromatic rings. The minimum Gasteiger partial charge on any atom is -0.494 e. The summed E-state index contributed by atoms with van der Waals surface area (Å²) in [5.74, 6) is -0.349. The zero-order valence-corrected chi connectivity index (χ0v) is 11.1. The van der Waals surface area contributed by atoms with E-state index in [2.05, 4.69) is 4.98 Å². The zero-order valence-electron chi connectivity index (χ0n) is 10.3. The molecule has 1 aromatic heterocycles. The highest BCUT2D eigenvalue weighted by atomic mass is 35.5. The summed E-state index contributed by atoms with van der Waals surface area (Å²) in [5.41, 5.74) is 1.24. The van der Waals surface area contributed by atoms with Crippen LogP contribution in [0.3, 0.4) is 0 Å². The summed E-state index contributed by atoms with van der Waals surface area (Å²) >= 11 is 5.97. The van der Waals surface area contributed by atoms with Crippen molar-refractivity contribution < 1.29 is 14.2 Å². The molecule has 100 valence electrons. The third-order valence-electron chi connectivity index (χ3n) is 2.83. The first kappa shape index (κ1) is 13.8. The molecular weight excluding hydrogens is 269 g/mol. The number of benzene rings is 1. The van der Waals surface area contributed by atoms with E-state index in [9.17, 15) is 9.50 Å². The van der Waals surface area contributed by atoms with Gasteiger partial charge in [-0.2, -0.15) is 0 Å². The van der Waals surface area contributed by atoms with E-state index in [1.54, 1.807) is 18.3 Å². The second kappa shape index (κ2) is 5.99. The fraction of sp³-hybridized carbons (Fsp3) is 0.214. The molecule has 0 bridgehead atoms. The Kier molecular flexibility index (Phi) is 4.35. The van der Waals surface area contributed by atoms with Gasteiger partial charge in [0.05, 0.1) is 18.2 Å². The average Bonchev–Trinajstić information content (AvgIpc) is 2.41. The zero-order chi connectivity index (χ0) is 13.8. The molecule has 19 heavy (non-hydrogen) atoms. The lowest BCUT2D eigenvalue weighted by molar-refractivity contribution is 0.178. The summed E-state index contributed by atoms with van der Waals surface area (Å²) in [5, 5.41) is 10.6. The van der Waals surface area contributed by atoms with Crippen molar-refractivity contribution in [1.82, 2.24) is 4.98 Å². The van der Waals surface area contributed by atoms with Crippen LogP contribution in [0.4, 0.5) is 4.39 Å². The highest BCUT2D eigenvalue weighted by molar-refractivity contribution is 6.31. The summed E-state index contributed by atoms with van der Waals surface area (Å²) in [7, 11) is 1.39. The Labute approximate surface area is 115 Å². The number of pyridine rings is 1. The van der Waals surface area contributed by atoms with Crippen LogP contribution in [0, 0.1) is 5.82 Å². The van der Waals surface area contributed by atoms with Gasteiger partial charge in [-0.1, -0.05) is 17.7 Å². The van der Waals surface area contributed by atoms with Crippen LogP contribution < -0.4 is 4.74 Å². The summed E-state index contributed by atoms with van der Waals surface area (Å²) in [6.45, 7) is 0. The van der Waals surface area contributed by atoms with Gasteiger partial charge in [0, 0.05) is 18.8 Å². The summed E-state index contributed by atoms with van der Waals surface area (Å²) < 4.78 is 18.4. The van der Waals surface area contributed by atoms with Crippen LogP contribution in [-0.2, 0) is 6.42 Å². The lowest BCUT2D eigenvalue weighted by atomic mass is 10.0. The number of nitrogens with zero attached hydrogens (tertiary/aromatic N) is 1. The molecule has 1 heterocycles. The van der Waals surface area contributed by atoms with Gasteiger partial charge in [-0.15, -0.1) is 0 Å². The highest BCUT2D eigenvalue weighted by Gasteiger charge is 2.13. The van der Waals surface area contributed by atoms with E-state index in [4.69, 9.17) is 16.3 Å². The number of halogens is 2. The number of rotatable bonds is 4. The van der Waals surface area contributed by atoms with E-state index in [-0.39, 0.29) is 5.75 Å². The Morgan fingerprint density at radius 3 is 2.84 bits per heavy atom. The second-order valence-electron chi connectivity index (χ2n) is 4.08. The van der Waals surface area contributed by atoms with Gasteiger partial charge in [0.15, 0.2) is 11.6 Å². The van der Waals surface area contributed by atoms with Crippen molar-refractivity contribution in [3.8, 4) is 5.75 Å². The predicted molar refractivity (Wildman–Crippen MR) is 70.9 cm³/mol. The SMILES string of the molecule is COc1ccc(C(O)Cc2ccncc2Cl)cc1F. The van der Waals surface area contributed by atoms with E-state index in [1.807, 2.05) is 0 Å². The maximum absolute atomic E-state index is 13.6. The third kappa shape index (κ3) is 3.22. The molecule has 0 saturated carbocycles. The van der Waals surface area contributed by atoms with Crippen molar-refractivity contribution in [2.24, 2.45) is 0 Å². The van der Waals surface area contributed by atoms with Gasteiger partial charge in [-0.3, -0.25) is 4.98 Å². The van der Waals surface area contributed by atoms with E-state index >= 15 is 0 Å². The number of aliphatic hydroxyl groups excluding tert-OH is 1. The van der Waals surface area contributed by atoms with Crippen LogP contribution in [0.1, 0.15) is 17.2 Å². The van der Waals surface area contributed by atoms with Crippen LogP contribution in [0.15, 0.2) is 36.7 Å². The van der Waals surface area contributed by atoms with Gasteiger partial charge in [0.2, 0.25) is 0 Å². The van der Waals surface area contributed by atoms with Crippen molar-refractivity contribution in [3.05, 3.63) is 58.6 Å². The molecule has 3 nitrogen and oxygen atoms in total. The second-order valence-corrected chi connectivity index (χ2v) is 4.49. The van der Waals surface area contributed by atoms with Gasteiger partial charge < -0.3 is 9.84 Å². The quantitative estimate of drug-likeness (QED) is 0.936. The van der Waals surface area contributed by atoms with Crippen LogP contribution in [0.5, 0.6) is 5.75 Å². The Bertz CT molecular complexity index is 577. The largest absolute Gasteiger partial charge is 0.494 e. The molecule has 0 aliphatic heterocycles. The molecule has 2 rings (SSSR count). The lowest BCUT2D eigenvalue weighted by Crippen LogP contribution is -2.03. The lowest BCUT2D eigenvalue weighted by Gasteiger charge is -2.13. The van der Waals surface area contributed by atoms with Gasteiger partial charge in [0.25, 0.3) is 0 Å². The van der Waals surface area contributed by atoms with Gasteiger partial charge in [-0.05, 0) is 29.3 Å². The number of hydrogen-bond acceptors (Lipinski definition) is 3. The number of ether oxygens (including phenoxy) is 1. The highest BCUT2D eigenvalue weighted by Crippen LogP contribution is 2.26. The molecule has 0 aliphatic rings. The van der Waals surface area contributed by atoms with E-state index in [0.29, 0.717) is 17.0 Å². The first-order chi connectivity index (χ1) is 9.11. The van der Waals surface area contributed by atoms with Gasteiger partial charge >= 0.3 is 0 Å². The smallest absolute Gasteiger partial charge is 0.165 e. The maximum atomic E-state index is 13.6. The predicted octanol–water partition coefficient (Wildman–Crippen LogP) is 3.16. The van der Waals surface area contributed by atoms with Gasteiger partial charge in [0.1, 0.15) is 0 Å². The summed E-state index contributed by atoms with van der Waals surface area (Å²) in [4.78, 5) is 3.87. The number of aliphatic hydroxyl groups is 1. The van der Waals surface area contributed by atoms with Crippen molar-refractivity contribution >= 4 is 11.6 Å². The van der Waals surface area contributed by atoms with Gasteiger partial charge in [-0.25, -0.2) is 4.39 Å². The molecule has 1 atom stereocenters. The molecule has 0 fully saturated rings. The Morgan fingerprint density at radius 1 is 1.42 bits per heavy atom. The average molecular weight is 282 g/mol. The molecular formula is C14H13ClFNO2. The van der Waals surface area contributed by atoms with Crippen molar-refractivity contribution in [2.45, 2.75) is 12.5 Å². The van der Waals surface area contributed by atoms with E-state index in [0.717, 1.165) is 5.56 Å². The summed E-state index contributed by atoms with van der Waals surface area (Å²) in [6.07, 6.45) is 2.58. The minimum absolute atomic E-state index is 0.151. The fourth-order valence-electron chi connectivity index (χ4n) is 1.79. The molecule has 1 aromatic carbocycles. The molecule has 1 N–H and O–H groups in total. The topological polar surface area (TPSA) is 42.4 Å². The first-order valence-electron chi connectivity index (χ1n) is 5.71. The Balaban J connectivity index is 2.18. The number of aromatic nitrogens is 1. The van der Waals surface area contributed by atoms with Crippen molar-refractivity contribution in [3.63, 3.8) is 0 Å². The van der Waals surface area contributed by atoms with Crippen LogP contribution in [0.2, 0.25) is 5.02 Å². The minimum atomic E-state index is -0.833. The maximum Gasteiger partial charge on any atom is 0.165 e. The molecule has 5 heteroatoms. The molecule has 0 saturated heterocycles. The molecule has 0 aliphatic carbocycles. The van der Waals surface area contributed by atoms with Crippen molar-refractivity contribution in [2.75, 3.05) is 7.11 Å². The number of methoxy groups -OCH3 is 1. The van der Waals surface area contributed by atoms with Crippen LogP contribution in [-0.4, -0.2) is 17.2 Å². The standard InChI is InChI=1S/C14H13ClFNO2/c1-19-14-3-2-10(6-12(14)16)13(18)7-9-4-5-17-8-11(9)15/h2-6,8,13,18H,7H2,1H3. The van der Waals surface area contributed by atoms with Crippen molar-refractivity contribution in [1.29, 1.82) is 0 Å². The summed E-state index contributed by atoms with van der Waals surface area (Å²) in [6, 6.07) is 6.10. The first-order valence-corrected chi connectivity index (χ1v) is 6.09. The fourth-order valence-corrected chi connectivity index (χ4v) is 1.98. The number of hydrogen-bond donors (Lipinski definition) is 1. The Morgan fingerprint density at radius 2 is 2.21 bits per heavy atom. The normalized spacial score (nSPS) is 12.2. The van der Waals surface area contributed by atoms with E-state index in [1.165, 1.54) is 25.4 Å². The van der Waals surface area contributed by atoms with Crippen LogP contribution in [0.25, 0.3) is 0 Å². The molecule has 0 spiro atoms. The van der Waals surface area contributed by atoms with E-state index < -0.39 is 11.9 Å². The third-order valence-corrected chi connectivity index (χ3v) is 3.17. The Hall–Kier alpha value is -1.65. The molecule has 0 amide bonds. The molecule has 0 radical (unpaired) electrons.